The lowest BCUT2D eigenvalue weighted by Gasteiger charge is -2.05. The van der Waals surface area contributed by atoms with Crippen LogP contribution in [0.4, 0.5) is 0 Å². The van der Waals surface area contributed by atoms with Crippen molar-refractivity contribution in [2.24, 2.45) is 0 Å². The van der Waals surface area contributed by atoms with E-state index in [1.54, 1.807) is 30.9 Å². The standard InChI is InChI=1S/C11H15NO2S/c1-12-11(13)9-3-5-10(6-4-9)14-7-8-15-2/h3-6H,7-8H2,1-2H3,(H,12,13). The lowest BCUT2D eigenvalue weighted by molar-refractivity contribution is 0.0963. The van der Waals surface area contributed by atoms with Crippen molar-refractivity contribution < 1.29 is 9.53 Å². The maximum Gasteiger partial charge on any atom is 0.251 e. The molecule has 82 valence electrons. The molecule has 15 heavy (non-hydrogen) atoms. The number of carbonyl (C=O) groups is 1. The van der Waals surface area contributed by atoms with Gasteiger partial charge < -0.3 is 10.1 Å². The third-order valence-electron chi connectivity index (χ3n) is 1.90. The molecule has 1 amide bonds. The largest absolute Gasteiger partial charge is 0.493 e. The van der Waals surface area contributed by atoms with Crippen molar-refractivity contribution in [2.75, 3.05) is 25.7 Å². The molecule has 0 fully saturated rings. The van der Waals surface area contributed by atoms with Crippen molar-refractivity contribution in [3.05, 3.63) is 29.8 Å². The van der Waals surface area contributed by atoms with Gasteiger partial charge in [-0.3, -0.25) is 4.79 Å². The summed E-state index contributed by atoms with van der Waals surface area (Å²) < 4.78 is 5.46. The van der Waals surface area contributed by atoms with Crippen LogP contribution in [0, 0.1) is 0 Å². The molecule has 0 heterocycles. The van der Waals surface area contributed by atoms with Crippen molar-refractivity contribution in [2.45, 2.75) is 0 Å². The van der Waals surface area contributed by atoms with Gasteiger partial charge in [-0.2, -0.15) is 11.8 Å². The Labute approximate surface area is 94.2 Å². The van der Waals surface area contributed by atoms with Gasteiger partial charge in [-0.15, -0.1) is 0 Å². The van der Waals surface area contributed by atoms with Crippen LogP contribution in [0.15, 0.2) is 24.3 Å². The molecular weight excluding hydrogens is 210 g/mol. The van der Waals surface area contributed by atoms with E-state index in [4.69, 9.17) is 4.74 Å². The van der Waals surface area contributed by atoms with Crippen LogP contribution in [0.1, 0.15) is 10.4 Å². The van der Waals surface area contributed by atoms with Gasteiger partial charge in [0.15, 0.2) is 0 Å². The van der Waals surface area contributed by atoms with Gasteiger partial charge in [0.1, 0.15) is 5.75 Å². The minimum absolute atomic E-state index is 0.0781. The molecular formula is C11H15NO2S. The fraction of sp³-hybridized carbons (Fsp3) is 0.364. The predicted molar refractivity (Wildman–Crippen MR) is 63.7 cm³/mol. The summed E-state index contributed by atoms with van der Waals surface area (Å²) in [7, 11) is 1.62. The second-order valence-corrected chi connectivity index (χ2v) is 3.93. The lowest BCUT2D eigenvalue weighted by Crippen LogP contribution is -2.17. The Morgan fingerprint density at radius 1 is 1.40 bits per heavy atom. The van der Waals surface area contributed by atoms with E-state index >= 15 is 0 Å². The van der Waals surface area contributed by atoms with E-state index in [9.17, 15) is 4.79 Å². The normalized spacial score (nSPS) is 9.73. The van der Waals surface area contributed by atoms with Crippen LogP contribution in [0.5, 0.6) is 5.75 Å². The molecule has 1 rings (SSSR count). The van der Waals surface area contributed by atoms with Crippen LogP contribution >= 0.6 is 11.8 Å². The first kappa shape index (κ1) is 11.9. The monoisotopic (exact) mass is 225 g/mol. The average molecular weight is 225 g/mol. The minimum Gasteiger partial charge on any atom is -0.493 e. The fourth-order valence-electron chi connectivity index (χ4n) is 1.09. The van der Waals surface area contributed by atoms with E-state index in [0.717, 1.165) is 11.5 Å². The SMILES string of the molecule is CNC(=O)c1ccc(OCCSC)cc1. The zero-order valence-electron chi connectivity index (χ0n) is 8.95. The van der Waals surface area contributed by atoms with Crippen LogP contribution in [0.25, 0.3) is 0 Å². The molecule has 0 atom stereocenters. The van der Waals surface area contributed by atoms with Gasteiger partial charge in [-0.05, 0) is 30.5 Å². The topological polar surface area (TPSA) is 38.3 Å². The predicted octanol–water partition coefficient (Wildman–Crippen LogP) is 1.79. The molecule has 0 spiro atoms. The maximum absolute atomic E-state index is 11.2. The van der Waals surface area contributed by atoms with Gasteiger partial charge in [0.05, 0.1) is 6.61 Å². The summed E-state index contributed by atoms with van der Waals surface area (Å²) in [6.45, 7) is 0.695. The smallest absolute Gasteiger partial charge is 0.251 e. The number of carbonyl (C=O) groups excluding carboxylic acids is 1. The van der Waals surface area contributed by atoms with Crippen LogP contribution in [-0.2, 0) is 0 Å². The molecule has 0 aliphatic heterocycles. The second-order valence-electron chi connectivity index (χ2n) is 2.94. The number of thioether (sulfide) groups is 1. The highest BCUT2D eigenvalue weighted by Crippen LogP contribution is 2.12. The van der Waals surface area contributed by atoms with E-state index in [0.29, 0.717) is 12.2 Å². The van der Waals surface area contributed by atoms with Crippen LogP contribution in [-0.4, -0.2) is 31.6 Å². The van der Waals surface area contributed by atoms with Gasteiger partial charge in [-0.25, -0.2) is 0 Å². The first-order valence-corrected chi connectivity index (χ1v) is 6.11. The van der Waals surface area contributed by atoms with Gasteiger partial charge >= 0.3 is 0 Å². The van der Waals surface area contributed by atoms with Crippen LogP contribution in [0.3, 0.4) is 0 Å². The van der Waals surface area contributed by atoms with Crippen LogP contribution < -0.4 is 10.1 Å². The quantitative estimate of drug-likeness (QED) is 0.776. The molecule has 0 aromatic heterocycles. The Morgan fingerprint density at radius 2 is 2.07 bits per heavy atom. The Balaban J connectivity index is 2.52. The lowest BCUT2D eigenvalue weighted by atomic mass is 10.2. The number of hydrogen-bond acceptors (Lipinski definition) is 3. The van der Waals surface area contributed by atoms with E-state index in [1.807, 2.05) is 18.4 Å². The van der Waals surface area contributed by atoms with E-state index in [-0.39, 0.29) is 5.91 Å². The molecule has 0 unspecified atom stereocenters. The van der Waals surface area contributed by atoms with Gasteiger partial charge in [0.25, 0.3) is 5.91 Å². The van der Waals surface area contributed by atoms with Crippen molar-refractivity contribution >= 4 is 17.7 Å². The zero-order valence-corrected chi connectivity index (χ0v) is 9.76. The van der Waals surface area contributed by atoms with Crippen molar-refractivity contribution in [3.63, 3.8) is 0 Å². The number of rotatable bonds is 5. The van der Waals surface area contributed by atoms with Crippen molar-refractivity contribution in [1.82, 2.24) is 5.32 Å². The highest BCUT2D eigenvalue weighted by Gasteiger charge is 2.02. The molecule has 0 aliphatic rings. The number of amides is 1. The van der Waals surface area contributed by atoms with E-state index < -0.39 is 0 Å². The van der Waals surface area contributed by atoms with Gasteiger partial charge in [0.2, 0.25) is 0 Å². The maximum atomic E-state index is 11.2. The molecule has 4 heteroatoms. The summed E-state index contributed by atoms with van der Waals surface area (Å²) in [4.78, 5) is 11.2. The Kier molecular flexibility index (Phi) is 5.04. The van der Waals surface area contributed by atoms with Crippen molar-refractivity contribution in [3.8, 4) is 5.75 Å². The molecule has 3 nitrogen and oxygen atoms in total. The third-order valence-corrected chi connectivity index (χ3v) is 2.47. The summed E-state index contributed by atoms with van der Waals surface area (Å²) in [5.74, 6) is 1.69. The Bertz CT molecular complexity index is 311. The molecule has 0 saturated carbocycles. The average Bonchev–Trinajstić information content (AvgIpc) is 2.29. The number of nitrogens with one attached hydrogen (secondary N) is 1. The van der Waals surface area contributed by atoms with E-state index in [1.165, 1.54) is 0 Å². The molecule has 1 aromatic carbocycles. The number of ether oxygens (including phenoxy) is 1. The Morgan fingerprint density at radius 3 is 2.60 bits per heavy atom. The zero-order chi connectivity index (χ0) is 11.1. The molecule has 1 N–H and O–H groups in total. The molecule has 0 radical (unpaired) electrons. The third kappa shape index (κ3) is 3.83. The van der Waals surface area contributed by atoms with E-state index in [2.05, 4.69) is 5.32 Å². The summed E-state index contributed by atoms with van der Waals surface area (Å²) in [6, 6.07) is 7.14. The molecule has 0 saturated heterocycles. The van der Waals surface area contributed by atoms with Gasteiger partial charge in [0, 0.05) is 18.4 Å². The fourth-order valence-corrected chi connectivity index (χ4v) is 1.34. The van der Waals surface area contributed by atoms with Crippen LogP contribution in [0.2, 0.25) is 0 Å². The first-order valence-electron chi connectivity index (χ1n) is 4.72. The number of hydrogen-bond donors (Lipinski definition) is 1. The number of benzene rings is 1. The minimum atomic E-state index is -0.0781. The summed E-state index contributed by atoms with van der Waals surface area (Å²) in [6.07, 6.45) is 2.04. The Hall–Kier alpha value is -1.16. The molecule has 0 bridgehead atoms. The molecule has 1 aromatic rings. The summed E-state index contributed by atoms with van der Waals surface area (Å²) >= 11 is 1.74. The second kappa shape index (κ2) is 6.35. The summed E-state index contributed by atoms with van der Waals surface area (Å²) in [5.41, 5.74) is 0.648. The van der Waals surface area contributed by atoms with Crippen molar-refractivity contribution in [1.29, 1.82) is 0 Å². The molecule has 0 aliphatic carbocycles. The summed E-state index contributed by atoms with van der Waals surface area (Å²) in [5, 5.41) is 2.57. The van der Waals surface area contributed by atoms with Gasteiger partial charge in [-0.1, -0.05) is 0 Å². The first-order chi connectivity index (χ1) is 7.27. The highest BCUT2D eigenvalue weighted by atomic mass is 32.2. The highest BCUT2D eigenvalue weighted by molar-refractivity contribution is 7.98.